The summed E-state index contributed by atoms with van der Waals surface area (Å²) in [6.45, 7) is 9.54. The van der Waals surface area contributed by atoms with Crippen LogP contribution in [0.4, 0.5) is 15.0 Å². The highest BCUT2D eigenvalue weighted by Crippen LogP contribution is 2.45. The fourth-order valence-corrected chi connectivity index (χ4v) is 8.33. The highest BCUT2D eigenvalue weighted by atomic mass is 19.1. The molecule has 0 radical (unpaired) electrons. The molecule has 1 saturated carbocycles. The second kappa shape index (κ2) is 10.8. The molecule has 45 heavy (non-hydrogen) atoms. The second-order valence-electron chi connectivity index (χ2n) is 14.8. The number of nitrogens with zero attached hydrogens (tertiary/aromatic N) is 6. The number of carbonyl (C=O) groups is 1. The van der Waals surface area contributed by atoms with E-state index < -0.39 is 11.4 Å². The van der Waals surface area contributed by atoms with Gasteiger partial charge in [0.1, 0.15) is 29.2 Å². The molecule has 1 aliphatic carbocycles. The van der Waals surface area contributed by atoms with E-state index in [0.29, 0.717) is 42.5 Å². The van der Waals surface area contributed by atoms with E-state index in [4.69, 9.17) is 24.4 Å². The predicted octanol–water partition coefficient (Wildman–Crippen LogP) is 6.30. The maximum Gasteiger partial charge on any atom is 0.410 e. The number of hydrogen-bond acceptors (Lipinski definition) is 8. The summed E-state index contributed by atoms with van der Waals surface area (Å²) in [5.41, 5.74) is 1.99. The third kappa shape index (κ3) is 5.19. The maximum atomic E-state index is 16.7. The van der Waals surface area contributed by atoms with Crippen molar-refractivity contribution >= 4 is 22.8 Å². The zero-order valence-corrected chi connectivity index (χ0v) is 26.6. The summed E-state index contributed by atoms with van der Waals surface area (Å²) in [6.07, 6.45) is 10.0. The summed E-state index contributed by atoms with van der Waals surface area (Å²) in [6, 6.07) is 8.19. The van der Waals surface area contributed by atoms with Crippen molar-refractivity contribution in [2.24, 2.45) is 0 Å². The number of aromatic nitrogens is 3. The van der Waals surface area contributed by atoms with Gasteiger partial charge >= 0.3 is 12.1 Å². The number of amides is 1. The fourth-order valence-electron chi connectivity index (χ4n) is 8.33. The molecule has 2 atom stereocenters. The van der Waals surface area contributed by atoms with E-state index in [1.807, 2.05) is 43.9 Å². The number of ether oxygens (including phenoxy) is 2. The quantitative estimate of drug-likeness (QED) is 0.320. The minimum atomic E-state index is -0.560. The molecule has 4 aliphatic heterocycles. The van der Waals surface area contributed by atoms with Gasteiger partial charge < -0.3 is 14.4 Å². The number of halogens is 1. The molecule has 0 spiro atoms. The Labute approximate surface area is 264 Å². The van der Waals surface area contributed by atoms with Gasteiger partial charge in [0.05, 0.1) is 23.0 Å². The Morgan fingerprint density at radius 1 is 1.02 bits per heavy atom. The largest absolute Gasteiger partial charge is 0.461 e. The molecule has 2 aromatic heterocycles. The molecule has 1 amide bonds. The summed E-state index contributed by atoms with van der Waals surface area (Å²) in [4.78, 5) is 34.2. The Morgan fingerprint density at radius 2 is 1.73 bits per heavy atom. The number of carbonyl (C=O) groups excluding carboxylic acids is 1. The topological polar surface area (TPSA) is 83.9 Å². The molecular weight excluding hydrogens is 571 g/mol. The number of anilines is 1. The summed E-state index contributed by atoms with van der Waals surface area (Å²) in [7, 11) is 0. The summed E-state index contributed by atoms with van der Waals surface area (Å²) in [5, 5.41) is 0.569. The van der Waals surface area contributed by atoms with Crippen LogP contribution in [0.2, 0.25) is 0 Å². The smallest absolute Gasteiger partial charge is 0.410 e. The predicted molar refractivity (Wildman–Crippen MR) is 170 cm³/mol. The van der Waals surface area contributed by atoms with Crippen LogP contribution < -0.4 is 9.64 Å². The van der Waals surface area contributed by atoms with E-state index in [9.17, 15) is 4.79 Å². The third-order valence-corrected chi connectivity index (χ3v) is 10.5. The van der Waals surface area contributed by atoms with Gasteiger partial charge in [-0.05, 0) is 96.7 Å². The van der Waals surface area contributed by atoms with Gasteiger partial charge in [0.25, 0.3) is 0 Å². The van der Waals surface area contributed by atoms with Crippen molar-refractivity contribution in [1.82, 2.24) is 24.8 Å². The Morgan fingerprint density at radius 3 is 2.42 bits per heavy atom. The molecule has 6 heterocycles. The van der Waals surface area contributed by atoms with Crippen molar-refractivity contribution in [3.8, 4) is 17.3 Å². The van der Waals surface area contributed by atoms with Gasteiger partial charge in [-0.2, -0.15) is 9.97 Å². The first kappa shape index (κ1) is 28.9. The first-order chi connectivity index (χ1) is 21.7. The monoisotopic (exact) mass is 614 g/mol. The van der Waals surface area contributed by atoms with Crippen molar-refractivity contribution < 1.29 is 18.7 Å². The first-order valence-electron chi connectivity index (χ1n) is 16.8. The number of fused-ring (bicyclic) bond motifs is 4. The van der Waals surface area contributed by atoms with E-state index in [0.717, 1.165) is 62.7 Å². The number of pyridine rings is 1. The molecule has 3 aromatic rings. The fraction of sp³-hybridized carbons (Fsp3) is 0.600. The molecule has 5 aliphatic rings. The van der Waals surface area contributed by atoms with Crippen molar-refractivity contribution in [3.63, 3.8) is 0 Å². The summed E-state index contributed by atoms with van der Waals surface area (Å²) < 4.78 is 28.9. The van der Waals surface area contributed by atoms with Gasteiger partial charge in [0.2, 0.25) is 0 Å². The standard InChI is InChI=1S/C35H43FN6O3/c1-34(2,3)45-33(43)42-23-12-13-24(42)20-40(19-23)31-27-18-37-29(26-9-5-4-8-25(26)22-10-11-22)28(36)30(27)38-32(39-31)44-21-35-14-6-16-41(35)17-7-15-35/h4-5,8-9,18,22-24H,6-7,10-17,19-21H2,1-3H3/t23-,24+. The molecule has 238 valence electrons. The Balaban J connectivity index is 1.17. The van der Waals surface area contributed by atoms with Crippen LogP contribution in [0.25, 0.3) is 22.2 Å². The molecule has 5 fully saturated rings. The zero-order chi connectivity index (χ0) is 30.9. The molecule has 8 rings (SSSR count). The third-order valence-electron chi connectivity index (χ3n) is 10.5. The Bertz CT molecular complexity index is 1610. The van der Waals surface area contributed by atoms with Gasteiger partial charge in [-0.3, -0.25) is 14.8 Å². The van der Waals surface area contributed by atoms with Crippen molar-refractivity contribution in [1.29, 1.82) is 0 Å². The van der Waals surface area contributed by atoms with Crippen LogP contribution in [0.3, 0.4) is 0 Å². The van der Waals surface area contributed by atoms with Crippen LogP contribution in [0, 0.1) is 5.82 Å². The zero-order valence-electron chi connectivity index (χ0n) is 26.6. The summed E-state index contributed by atoms with van der Waals surface area (Å²) in [5.74, 6) is 0.636. The lowest BCUT2D eigenvalue weighted by molar-refractivity contribution is 0.0122. The maximum absolute atomic E-state index is 16.7. The van der Waals surface area contributed by atoms with Gasteiger partial charge in [0, 0.05) is 24.8 Å². The molecule has 4 saturated heterocycles. The van der Waals surface area contributed by atoms with Crippen LogP contribution in [-0.4, -0.2) is 86.9 Å². The van der Waals surface area contributed by atoms with Crippen LogP contribution in [0.5, 0.6) is 6.01 Å². The van der Waals surface area contributed by atoms with Crippen molar-refractivity contribution in [3.05, 3.63) is 41.8 Å². The minimum Gasteiger partial charge on any atom is -0.461 e. The van der Waals surface area contributed by atoms with Crippen LogP contribution >= 0.6 is 0 Å². The van der Waals surface area contributed by atoms with Crippen LogP contribution in [-0.2, 0) is 4.74 Å². The minimum absolute atomic E-state index is 0.0140. The van der Waals surface area contributed by atoms with E-state index >= 15 is 4.39 Å². The first-order valence-corrected chi connectivity index (χ1v) is 16.8. The molecule has 2 bridgehead atoms. The average Bonchev–Trinajstić information content (AvgIpc) is 3.58. The molecule has 0 N–H and O–H groups in total. The Hall–Kier alpha value is -3.53. The van der Waals surface area contributed by atoms with E-state index in [2.05, 4.69) is 15.9 Å². The highest BCUT2D eigenvalue weighted by molar-refractivity contribution is 5.92. The normalized spacial score (nSPS) is 24.4. The average molecular weight is 615 g/mol. The second-order valence-corrected chi connectivity index (χ2v) is 14.8. The van der Waals surface area contributed by atoms with Crippen LogP contribution in [0.1, 0.15) is 83.6 Å². The van der Waals surface area contributed by atoms with E-state index in [1.165, 1.54) is 12.8 Å². The van der Waals surface area contributed by atoms with Crippen LogP contribution in [0.15, 0.2) is 30.5 Å². The van der Waals surface area contributed by atoms with Crippen molar-refractivity contribution in [2.75, 3.05) is 37.7 Å². The van der Waals surface area contributed by atoms with E-state index in [-0.39, 0.29) is 35.2 Å². The lowest BCUT2D eigenvalue weighted by atomic mass is 9.95. The Kier molecular flexibility index (Phi) is 6.93. The lowest BCUT2D eigenvalue weighted by Gasteiger charge is -2.42. The SMILES string of the molecule is CC(C)(C)OC(=O)N1[C@@H]2CC[C@H]1CN(c1nc(OCC34CCCN3CCC4)nc3c(F)c(-c4ccccc4C4CC4)ncc13)C2. The molecular formula is C35H43FN6O3. The molecule has 0 unspecified atom stereocenters. The number of hydrogen-bond donors (Lipinski definition) is 0. The molecule has 10 heteroatoms. The lowest BCUT2D eigenvalue weighted by Crippen LogP contribution is -2.57. The van der Waals surface area contributed by atoms with E-state index in [1.54, 1.807) is 6.20 Å². The van der Waals surface area contributed by atoms with Gasteiger partial charge in [0.15, 0.2) is 5.82 Å². The number of benzene rings is 1. The number of rotatable bonds is 6. The van der Waals surface area contributed by atoms with Gasteiger partial charge in [-0.1, -0.05) is 24.3 Å². The van der Waals surface area contributed by atoms with Crippen molar-refractivity contribution in [2.45, 2.75) is 101 Å². The highest BCUT2D eigenvalue weighted by Gasteiger charge is 2.46. The van der Waals surface area contributed by atoms with Gasteiger partial charge in [-0.25, -0.2) is 9.18 Å². The number of piperazine rings is 1. The summed E-state index contributed by atoms with van der Waals surface area (Å²) >= 11 is 0. The molecule has 1 aromatic carbocycles. The van der Waals surface area contributed by atoms with Gasteiger partial charge in [-0.15, -0.1) is 0 Å². The molecule has 9 nitrogen and oxygen atoms in total.